The van der Waals surface area contributed by atoms with Crippen LogP contribution in [0.5, 0.6) is 5.75 Å². The minimum Gasteiger partial charge on any atom is -0.496 e. The first-order valence-corrected chi connectivity index (χ1v) is 8.09. The molecule has 1 aromatic heterocycles. The van der Waals surface area contributed by atoms with Crippen LogP contribution in [0.4, 0.5) is 0 Å². The highest BCUT2D eigenvalue weighted by atomic mass is 35.5. The quantitative estimate of drug-likeness (QED) is 0.822. The van der Waals surface area contributed by atoms with Crippen molar-refractivity contribution in [3.8, 4) is 5.75 Å². The summed E-state index contributed by atoms with van der Waals surface area (Å²) < 4.78 is 7.17. The summed E-state index contributed by atoms with van der Waals surface area (Å²) >= 11 is 0. The van der Waals surface area contributed by atoms with Crippen LogP contribution in [0.2, 0.25) is 0 Å². The Labute approximate surface area is 154 Å². The number of amides is 1. The van der Waals surface area contributed by atoms with Gasteiger partial charge in [-0.25, -0.2) is 0 Å². The van der Waals surface area contributed by atoms with E-state index in [-0.39, 0.29) is 29.8 Å². The van der Waals surface area contributed by atoms with Gasteiger partial charge in [-0.3, -0.25) is 9.48 Å². The van der Waals surface area contributed by atoms with Crippen molar-refractivity contribution < 1.29 is 9.53 Å². The number of para-hydroxylation sites is 1. The molecule has 0 spiro atoms. The molecule has 1 amide bonds. The lowest BCUT2D eigenvalue weighted by Gasteiger charge is -2.18. The first kappa shape index (κ1) is 19.3. The van der Waals surface area contributed by atoms with Crippen LogP contribution in [0.25, 0.3) is 0 Å². The maximum absolute atomic E-state index is 12.7. The van der Waals surface area contributed by atoms with E-state index in [0.717, 1.165) is 23.3 Å². The Bertz CT molecular complexity index is 748. The number of nitrogens with one attached hydrogen (secondary N) is 2. The first-order valence-electron chi connectivity index (χ1n) is 8.09. The molecule has 0 radical (unpaired) electrons. The molecule has 0 aliphatic heterocycles. The van der Waals surface area contributed by atoms with Gasteiger partial charge < -0.3 is 15.4 Å². The van der Waals surface area contributed by atoms with Crippen LogP contribution in [-0.2, 0) is 17.3 Å². The van der Waals surface area contributed by atoms with E-state index in [2.05, 4.69) is 28.7 Å². The van der Waals surface area contributed by atoms with Crippen molar-refractivity contribution in [3.63, 3.8) is 0 Å². The number of rotatable bonds is 6. The monoisotopic (exact) mass is 364 g/mol. The molecule has 25 heavy (non-hydrogen) atoms. The Balaban J connectivity index is 0.00000225. The third-order valence-electron chi connectivity index (χ3n) is 4.88. The molecule has 3 atom stereocenters. The minimum absolute atomic E-state index is 0. The molecule has 2 N–H and O–H groups in total. The molecule has 1 aliphatic rings. The van der Waals surface area contributed by atoms with Crippen molar-refractivity contribution in [2.45, 2.75) is 30.8 Å². The molecule has 6 nitrogen and oxygen atoms in total. The molecule has 1 aromatic carbocycles. The van der Waals surface area contributed by atoms with Crippen molar-refractivity contribution >= 4 is 18.3 Å². The molecule has 0 bridgehead atoms. The van der Waals surface area contributed by atoms with E-state index in [9.17, 15) is 4.79 Å². The number of methoxy groups -OCH3 is 1. The number of carbonyl (C=O) groups excluding carboxylic acids is 1. The van der Waals surface area contributed by atoms with Gasteiger partial charge in [0, 0.05) is 35.8 Å². The standard InChI is InChI=1S/C18H24N4O2.ClH/c1-18(13-7-5-6-8-14(13)24-4)9-15(18)21-17(23)16(19-2)12-10-20-22(3)11-12;/h5-8,10-11,15-16,19H,9H2,1-4H3,(H,21,23);1H. The number of carbonyl (C=O) groups is 1. The van der Waals surface area contributed by atoms with Gasteiger partial charge in [0.15, 0.2) is 0 Å². The molecular formula is C18H25ClN4O2. The fourth-order valence-corrected chi connectivity index (χ4v) is 3.28. The van der Waals surface area contributed by atoms with Gasteiger partial charge in [0.25, 0.3) is 0 Å². The summed E-state index contributed by atoms with van der Waals surface area (Å²) in [4.78, 5) is 12.7. The topological polar surface area (TPSA) is 68.2 Å². The molecule has 1 heterocycles. The number of aryl methyl sites for hydroxylation is 1. The molecule has 136 valence electrons. The Morgan fingerprint density at radius 1 is 1.44 bits per heavy atom. The van der Waals surface area contributed by atoms with E-state index < -0.39 is 6.04 Å². The third kappa shape index (κ3) is 3.65. The van der Waals surface area contributed by atoms with E-state index in [1.165, 1.54) is 0 Å². The van der Waals surface area contributed by atoms with E-state index >= 15 is 0 Å². The summed E-state index contributed by atoms with van der Waals surface area (Å²) in [6.45, 7) is 2.16. The van der Waals surface area contributed by atoms with Crippen molar-refractivity contribution in [1.29, 1.82) is 0 Å². The van der Waals surface area contributed by atoms with E-state index in [4.69, 9.17) is 4.74 Å². The van der Waals surface area contributed by atoms with Crippen molar-refractivity contribution in [2.75, 3.05) is 14.2 Å². The van der Waals surface area contributed by atoms with Crippen LogP contribution in [0.3, 0.4) is 0 Å². The molecule has 1 fully saturated rings. The number of halogens is 1. The summed E-state index contributed by atoms with van der Waals surface area (Å²) in [6, 6.07) is 7.70. The van der Waals surface area contributed by atoms with Gasteiger partial charge in [-0.15, -0.1) is 12.4 Å². The van der Waals surface area contributed by atoms with Gasteiger partial charge in [-0.05, 0) is 19.5 Å². The lowest BCUT2D eigenvalue weighted by molar-refractivity contribution is -0.123. The summed E-state index contributed by atoms with van der Waals surface area (Å²) in [5.41, 5.74) is 1.91. The Kier molecular flexibility index (Phi) is 5.75. The molecule has 0 saturated heterocycles. The molecule has 1 aliphatic carbocycles. The summed E-state index contributed by atoms with van der Waals surface area (Å²) in [6.07, 6.45) is 4.47. The highest BCUT2D eigenvalue weighted by molar-refractivity contribution is 5.85. The maximum atomic E-state index is 12.7. The molecule has 1 saturated carbocycles. The zero-order valence-corrected chi connectivity index (χ0v) is 15.8. The van der Waals surface area contributed by atoms with Crippen LogP contribution in [0.15, 0.2) is 36.7 Å². The lowest BCUT2D eigenvalue weighted by atomic mass is 9.96. The Morgan fingerprint density at radius 3 is 2.76 bits per heavy atom. The van der Waals surface area contributed by atoms with Crippen LogP contribution in [0, 0.1) is 0 Å². The number of hydrogen-bond acceptors (Lipinski definition) is 4. The summed E-state index contributed by atoms with van der Waals surface area (Å²) in [5.74, 6) is 0.836. The van der Waals surface area contributed by atoms with Crippen molar-refractivity contribution in [1.82, 2.24) is 20.4 Å². The predicted octanol–water partition coefficient (Wildman–Crippen LogP) is 1.96. The van der Waals surface area contributed by atoms with Crippen molar-refractivity contribution in [3.05, 3.63) is 47.8 Å². The zero-order valence-electron chi connectivity index (χ0n) is 14.9. The second-order valence-corrected chi connectivity index (χ2v) is 6.55. The highest BCUT2D eigenvalue weighted by Crippen LogP contribution is 2.51. The van der Waals surface area contributed by atoms with Gasteiger partial charge in [-0.1, -0.05) is 25.1 Å². The normalized spacial score (nSPS) is 22.6. The largest absolute Gasteiger partial charge is 0.496 e. The van der Waals surface area contributed by atoms with E-state index in [1.54, 1.807) is 25.0 Å². The van der Waals surface area contributed by atoms with Crippen molar-refractivity contribution in [2.24, 2.45) is 7.05 Å². The van der Waals surface area contributed by atoms with Gasteiger partial charge in [0.05, 0.1) is 13.3 Å². The smallest absolute Gasteiger partial charge is 0.242 e. The summed E-state index contributed by atoms with van der Waals surface area (Å²) in [7, 11) is 5.30. The lowest BCUT2D eigenvalue weighted by Crippen LogP contribution is -2.39. The average molecular weight is 365 g/mol. The number of likely N-dealkylation sites (N-methyl/N-ethyl adjacent to an activating group) is 1. The average Bonchev–Trinajstić information content (AvgIpc) is 3.02. The SMILES string of the molecule is CNC(C(=O)NC1CC1(C)c1ccccc1OC)c1cnn(C)c1.Cl. The van der Waals surface area contributed by atoms with E-state index in [1.807, 2.05) is 31.4 Å². The van der Waals surface area contributed by atoms with Crippen LogP contribution >= 0.6 is 12.4 Å². The molecule has 7 heteroatoms. The number of hydrogen-bond donors (Lipinski definition) is 2. The van der Waals surface area contributed by atoms with Gasteiger partial charge >= 0.3 is 0 Å². The second-order valence-electron chi connectivity index (χ2n) is 6.55. The fraction of sp³-hybridized carbons (Fsp3) is 0.444. The van der Waals surface area contributed by atoms with Crippen LogP contribution in [0.1, 0.15) is 30.5 Å². The number of nitrogens with zero attached hydrogens (tertiary/aromatic N) is 2. The zero-order chi connectivity index (χ0) is 17.3. The Morgan fingerprint density at radius 2 is 2.16 bits per heavy atom. The first-order chi connectivity index (χ1) is 11.5. The fourth-order valence-electron chi connectivity index (χ4n) is 3.28. The maximum Gasteiger partial charge on any atom is 0.242 e. The van der Waals surface area contributed by atoms with Gasteiger partial charge in [0.2, 0.25) is 5.91 Å². The number of benzene rings is 1. The summed E-state index contributed by atoms with van der Waals surface area (Å²) in [5, 5.41) is 10.4. The molecular weight excluding hydrogens is 340 g/mol. The van der Waals surface area contributed by atoms with E-state index in [0.29, 0.717) is 0 Å². The Hall–Kier alpha value is -2.05. The van der Waals surface area contributed by atoms with Crippen LogP contribution < -0.4 is 15.4 Å². The minimum atomic E-state index is -0.402. The number of aromatic nitrogens is 2. The number of ether oxygens (including phenoxy) is 1. The van der Waals surface area contributed by atoms with Gasteiger partial charge in [-0.2, -0.15) is 5.10 Å². The molecule has 3 unspecified atom stereocenters. The second kappa shape index (κ2) is 7.45. The predicted molar refractivity (Wildman–Crippen MR) is 99.2 cm³/mol. The van der Waals surface area contributed by atoms with Gasteiger partial charge in [0.1, 0.15) is 11.8 Å². The molecule has 2 aromatic rings. The molecule has 3 rings (SSSR count). The highest BCUT2D eigenvalue weighted by Gasteiger charge is 2.53. The van der Waals surface area contributed by atoms with Crippen LogP contribution in [-0.4, -0.2) is 35.9 Å². The third-order valence-corrected chi connectivity index (χ3v) is 4.88.